The highest BCUT2D eigenvalue weighted by atomic mass is 32.1. The molecule has 10 rings (SSSR count). The van der Waals surface area contributed by atoms with E-state index < -0.39 is 0 Å². The number of furan rings is 1. The Kier molecular flexibility index (Phi) is 6.88. The molecule has 0 atom stereocenters. The van der Waals surface area contributed by atoms with E-state index in [0.29, 0.717) is 5.56 Å². The van der Waals surface area contributed by atoms with E-state index in [1.54, 1.807) is 28.7 Å². The predicted octanol–water partition coefficient (Wildman–Crippen LogP) is 13.0. The number of nitriles is 1. The average Bonchev–Trinajstić information content (AvgIpc) is 3.93. The number of aromatic nitrogens is 2. The molecule has 51 heavy (non-hydrogen) atoms. The Labute approximate surface area is 301 Å². The van der Waals surface area contributed by atoms with Crippen molar-refractivity contribution in [3.05, 3.63) is 157 Å². The van der Waals surface area contributed by atoms with Crippen LogP contribution in [0.5, 0.6) is 0 Å². The summed E-state index contributed by atoms with van der Waals surface area (Å²) in [5.74, 6) is 0. The van der Waals surface area contributed by atoms with Crippen LogP contribution < -0.4 is 0 Å². The molecular weight excluding hydrogens is 663 g/mol. The summed E-state index contributed by atoms with van der Waals surface area (Å²) in [6.45, 7) is 0. The van der Waals surface area contributed by atoms with Crippen molar-refractivity contribution in [1.82, 2.24) is 9.97 Å². The maximum atomic E-state index is 9.56. The van der Waals surface area contributed by atoms with Crippen LogP contribution >= 0.6 is 22.7 Å². The Morgan fingerprint density at radius 1 is 0.431 bits per heavy atom. The number of thiazole rings is 2. The molecule has 0 saturated carbocycles. The highest BCUT2D eigenvalue weighted by Gasteiger charge is 2.14. The highest BCUT2D eigenvalue weighted by Crippen LogP contribution is 2.39. The van der Waals surface area contributed by atoms with E-state index in [1.807, 2.05) is 30.3 Å². The quantitative estimate of drug-likeness (QED) is 0.181. The second-order valence-electron chi connectivity index (χ2n) is 12.6. The predicted molar refractivity (Wildman–Crippen MR) is 212 cm³/mol. The fraction of sp³-hybridized carbons (Fsp3) is 0. The van der Waals surface area contributed by atoms with Gasteiger partial charge < -0.3 is 4.42 Å². The van der Waals surface area contributed by atoms with Gasteiger partial charge in [-0.1, -0.05) is 78.9 Å². The van der Waals surface area contributed by atoms with E-state index in [1.165, 1.54) is 9.40 Å². The maximum absolute atomic E-state index is 9.56. The minimum atomic E-state index is 0.614. The Balaban J connectivity index is 1.08. The molecule has 10 aromatic rings. The minimum Gasteiger partial charge on any atom is -0.456 e. The monoisotopic (exact) mass is 687 g/mol. The Morgan fingerprint density at radius 3 is 1.41 bits per heavy atom. The van der Waals surface area contributed by atoms with Crippen LogP contribution in [0.15, 0.2) is 156 Å². The average molecular weight is 688 g/mol. The Morgan fingerprint density at radius 2 is 0.882 bits per heavy atom. The third-order valence-corrected chi connectivity index (χ3v) is 11.6. The molecule has 0 spiro atoms. The SMILES string of the molecule is N#Cc1ccc2oc3ccc(-c4cc(-c5ccc(-c6nc7ccccc7s6)cc5)cc(-c5ccc(-c6nc7ccccc7s6)cc5)c4)cc3c2c1. The van der Waals surface area contributed by atoms with Gasteiger partial charge in [-0.3, -0.25) is 0 Å². The number of rotatable bonds is 5. The molecule has 0 saturated heterocycles. The molecule has 0 N–H and O–H groups in total. The first kappa shape index (κ1) is 29.5. The van der Waals surface area contributed by atoms with Gasteiger partial charge >= 0.3 is 0 Å². The van der Waals surface area contributed by atoms with Crippen molar-refractivity contribution in [2.45, 2.75) is 0 Å². The zero-order valence-electron chi connectivity index (χ0n) is 27.0. The van der Waals surface area contributed by atoms with Crippen molar-refractivity contribution in [1.29, 1.82) is 5.26 Å². The molecule has 0 aliphatic heterocycles. The lowest BCUT2D eigenvalue weighted by Gasteiger charge is -2.12. The summed E-state index contributed by atoms with van der Waals surface area (Å²) in [6.07, 6.45) is 0. The molecule has 0 bridgehead atoms. The van der Waals surface area contributed by atoms with Gasteiger partial charge in [0.1, 0.15) is 21.2 Å². The van der Waals surface area contributed by atoms with Crippen LogP contribution in [0.4, 0.5) is 0 Å². The lowest BCUT2D eigenvalue weighted by Crippen LogP contribution is -1.87. The van der Waals surface area contributed by atoms with Gasteiger partial charge in [0.15, 0.2) is 0 Å². The molecule has 4 nitrogen and oxygen atoms in total. The number of benzene rings is 7. The summed E-state index contributed by atoms with van der Waals surface area (Å²) in [5.41, 5.74) is 13.1. The molecule has 0 radical (unpaired) electrons. The van der Waals surface area contributed by atoms with Gasteiger partial charge in [-0.25, -0.2) is 9.97 Å². The molecule has 238 valence electrons. The first-order valence-electron chi connectivity index (χ1n) is 16.6. The molecule has 0 aliphatic rings. The zero-order chi connectivity index (χ0) is 33.9. The molecule has 6 heteroatoms. The zero-order valence-corrected chi connectivity index (χ0v) is 28.6. The molecule has 0 unspecified atom stereocenters. The van der Waals surface area contributed by atoms with Crippen LogP contribution in [0, 0.1) is 11.3 Å². The van der Waals surface area contributed by atoms with Crippen LogP contribution in [0.2, 0.25) is 0 Å². The largest absolute Gasteiger partial charge is 0.456 e. The molecule has 0 aliphatic carbocycles. The minimum absolute atomic E-state index is 0.614. The van der Waals surface area contributed by atoms with Crippen molar-refractivity contribution in [3.8, 4) is 60.6 Å². The van der Waals surface area contributed by atoms with E-state index in [-0.39, 0.29) is 0 Å². The summed E-state index contributed by atoms with van der Waals surface area (Å²) in [6, 6.07) is 55.0. The van der Waals surface area contributed by atoms with Crippen molar-refractivity contribution < 1.29 is 4.42 Å². The van der Waals surface area contributed by atoms with E-state index >= 15 is 0 Å². The van der Waals surface area contributed by atoms with Crippen LogP contribution in [-0.2, 0) is 0 Å². The first-order valence-corrected chi connectivity index (χ1v) is 18.2. The molecule has 3 heterocycles. The summed E-state index contributed by atoms with van der Waals surface area (Å²) < 4.78 is 8.52. The smallest absolute Gasteiger partial charge is 0.135 e. The summed E-state index contributed by atoms with van der Waals surface area (Å²) >= 11 is 3.43. The number of nitrogens with zero attached hydrogens (tertiary/aromatic N) is 3. The van der Waals surface area contributed by atoms with Crippen molar-refractivity contribution in [3.63, 3.8) is 0 Å². The van der Waals surface area contributed by atoms with Gasteiger partial charge in [0, 0.05) is 21.9 Å². The molecule has 0 amide bonds. The van der Waals surface area contributed by atoms with Gasteiger partial charge in [-0.15, -0.1) is 22.7 Å². The summed E-state index contributed by atoms with van der Waals surface area (Å²) in [7, 11) is 0. The second kappa shape index (κ2) is 11.9. The normalized spacial score (nSPS) is 11.5. The van der Waals surface area contributed by atoms with Gasteiger partial charge in [0.2, 0.25) is 0 Å². The van der Waals surface area contributed by atoms with Crippen LogP contribution in [-0.4, -0.2) is 9.97 Å². The van der Waals surface area contributed by atoms with Crippen molar-refractivity contribution in [2.24, 2.45) is 0 Å². The van der Waals surface area contributed by atoms with Crippen LogP contribution in [0.3, 0.4) is 0 Å². The molecule has 7 aromatic carbocycles. The van der Waals surface area contributed by atoms with Crippen molar-refractivity contribution in [2.75, 3.05) is 0 Å². The Hall–Kier alpha value is -6.39. The maximum Gasteiger partial charge on any atom is 0.135 e. The van der Waals surface area contributed by atoms with Crippen LogP contribution in [0.1, 0.15) is 5.56 Å². The fourth-order valence-electron chi connectivity index (χ4n) is 6.76. The van der Waals surface area contributed by atoms with Crippen LogP contribution in [0.25, 0.3) is 96.9 Å². The van der Waals surface area contributed by atoms with E-state index in [9.17, 15) is 5.26 Å². The number of hydrogen-bond donors (Lipinski definition) is 0. The number of fused-ring (bicyclic) bond motifs is 5. The van der Waals surface area contributed by atoms with Gasteiger partial charge in [0.05, 0.1) is 32.1 Å². The van der Waals surface area contributed by atoms with E-state index in [4.69, 9.17) is 14.4 Å². The van der Waals surface area contributed by atoms with Gasteiger partial charge in [-0.05, 0) is 106 Å². The summed E-state index contributed by atoms with van der Waals surface area (Å²) in [4.78, 5) is 9.75. The number of para-hydroxylation sites is 2. The molecular formula is C45H25N3OS2. The van der Waals surface area contributed by atoms with Gasteiger partial charge in [0.25, 0.3) is 0 Å². The molecule has 3 aromatic heterocycles. The third kappa shape index (κ3) is 5.28. The van der Waals surface area contributed by atoms with Gasteiger partial charge in [-0.2, -0.15) is 5.26 Å². The second-order valence-corrected chi connectivity index (χ2v) is 14.6. The van der Waals surface area contributed by atoms with E-state index in [0.717, 1.165) is 87.5 Å². The molecule has 0 fully saturated rings. The summed E-state index contributed by atoms with van der Waals surface area (Å²) in [5, 5.41) is 13.5. The van der Waals surface area contributed by atoms with E-state index in [2.05, 4.69) is 121 Å². The first-order chi connectivity index (χ1) is 25.1. The standard InChI is InChI=1S/C45H25N3OS2/c46-26-27-9-19-40-36(21-27)37-25-32(18-20-41(37)49-40)35-23-33(28-10-14-30(15-11-28)44-47-38-5-1-3-7-42(38)50-44)22-34(24-35)29-12-16-31(17-13-29)45-48-39-6-2-4-8-43(39)51-45/h1-25H. The third-order valence-electron chi connectivity index (χ3n) is 9.38. The van der Waals surface area contributed by atoms with Crippen molar-refractivity contribution >= 4 is 65.0 Å². The lowest BCUT2D eigenvalue weighted by atomic mass is 9.92. The highest BCUT2D eigenvalue weighted by molar-refractivity contribution is 7.22. The fourth-order valence-corrected chi connectivity index (χ4v) is 8.70. The number of hydrogen-bond acceptors (Lipinski definition) is 6. The lowest BCUT2D eigenvalue weighted by molar-refractivity contribution is 0.669. The Bertz CT molecular complexity index is 2780. The topological polar surface area (TPSA) is 62.7 Å².